The molecule has 0 saturated carbocycles. The number of ketones is 1. The van der Waals surface area contributed by atoms with Crippen molar-refractivity contribution < 1.29 is 19.1 Å². The van der Waals surface area contributed by atoms with Gasteiger partial charge in [-0.15, -0.1) is 0 Å². The maximum absolute atomic E-state index is 12.7. The molecule has 0 unspecified atom stereocenters. The second-order valence-corrected chi connectivity index (χ2v) is 6.67. The molecular weight excluding hydrogens is 344 g/mol. The molecule has 0 aliphatic heterocycles. The highest BCUT2D eigenvalue weighted by atomic mass is 16.5. The predicted octanol–water partition coefficient (Wildman–Crippen LogP) is 3.03. The van der Waals surface area contributed by atoms with Crippen LogP contribution in [0.4, 0.5) is 0 Å². The first-order valence-corrected chi connectivity index (χ1v) is 8.89. The molecule has 0 saturated heterocycles. The Morgan fingerprint density at radius 2 is 1.89 bits per heavy atom. The maximum Gasteiger partial charge on any atom is 0.341 e. The minimum Gasteiger partial charge on any atom is -0.461 e. The van der Waals surface area contributed by atoms with E-state index in [1.165, 1.54) is 0 Å². The summed E-state index contributed by atoms with van der Waals surface area (Å²) in [4.78, 5) is 27.0. The number of hydrogen-bond acceptors (Lipinski definition) is 5. The zero-order valence-corrected chi connectivity index (χ0v) is 15.9. The van der Waals surface area contributed by atoms with Crippen molar-refractivity contribution in [3.05, 3.63) is 53.7 Å². The molecule has 0 atom stereocenters. The Kier molecular flexibility index (Phi) is 5.88. The van der Waals surface area contributed by atoms with Gasteiger partial charge in [0.25, 0.3) is 0 Å². The van der Waals surface area contributed by atoms with E-state index in [-0.39, 0.29) is 11.8 Å². The van der Waals surface area contributed by atoms with Crippen molar-refractivity contribution in [2.45, 2.75) is 6.42 Å². The lowest BCUT2D eigenvalue weighted by molar-refractivity contribution is 0.0486. The number of likely N-dealkylation sites (N-methyl/N-ethyl adjacent to an activating group) is 1. The van der Waals surface area contributed by atoms with Gasteiger partial charge in [0.2, 0.25) is 0 Å². The number of methoxy groups -OCH3 is 1. The lowest BCUT2D eigenvalue weighted by Gasteiger charge is -2.09. The molecule has 1 aromatic carbocycles. The van der Waals surface area contributed by atoms with E-state index in [4.69, 9.17) is 9.47 Å². The SMILES string of the molecule is COCCC(=O)c1ccc2c(C(=O)OCCN(C)C)c3ccccn3c2c1. The number of pyridine rings is 1. The summed E-state index contributed by atoms with van der Waals surface area (Å²) in [6.45, 7) is 1.37. The van der Waals surface area contributed by atoms with Gasteiger partial charge in [-0.05, 0) is 32.3 Å². The van der Waals surface area contributed by atoms with Crippen LogP contribution in [0.25, 0.3) is 16.4 Å². The minimum atomic E-state index is -0.353. The Labute approximate surface area is 158 Å². The van der Waals surface area contributed by atoms with Crippen LogP contribution in [0, 0.1) is 0 Å². The van der Waals surface area contributed by atoms with E-state index in [1.54, 1.807) is 13.2 Å². The van der Waals surface area contributed by atoms with Gasteiger partial charge in [-0.3, -0.25) is 4.79 Å². The third kappa shape index (κ3) is 4.02. The summed E-state index contributed by atoms with van der Waals surface area (Å²) in [6, 6.07) is 11.1. The summed E-state index contributed by atoms with van der Waals surface area (Å²) in [7, 11) is 5.43. The van der Waals surface area contributed by atoms with E-state index in [1.807, 2.05) is 59.9 Å². The van der Waals surface area contributed by atoms with E-state index in [0.717, 1.165) is 16.4 Å². The maximum atomic E-state index is 12.7. The molecule has 6 nitrogen and oxygen atoms in total. The fourth-order valence-corrected chi connectivity index (χ4v) is 3.06. The molecule has 0 aliphatic carbocycles. The first kappa shape index (κ1) is 19.1. The van der Waals surface area contributed by atoms with E-state index in [9.17, 15) is 9.59 Å². The van der Waals surface area contributed by atoms with Gasteiger partial charge in [0, 0.05) is 37.2 Å². The number of Topliss-reactive ketones (excluding diaryl/α,β-unsaturated/α-hetero) is 1. The largest absolute Gasteiger partial charge is 0.461 e. The van der Waals surface area contributed by atoms with Gasteiger partial charge in [-0.1, -0.05) is 18.2 Å². The molecule has 0 spiro atoms. The number of carbonyl (C=O) groups excluding carboxylic acids is 2. The number of hydrogen-bond donors (Lipinski definition) is 0. The predicted molar refractivity (Wildman–Crippen MR) is 105 cm³/mol. The first-order chi connectivity index (χ1) is 13.0. The number of esters is 1. The van der Waals surface area contributed by atoms with Crippen LogP contribution < -0.4 is 0 Å². The highest BCUT2D eigenvalue weighted by Crippen LogP contribution is 2.28. The Hall–Kier alpha value is -2.70. The van der Waals surface area contributed by atoms with Gasteiger partial charge in [-0.2, -0.15) is 0 Å². The monoisotopic (exact) mass is 368 g/mol. The molecule has 6 heteroatoms. The van der Waals surface area contributed by atoms with E-state index in [2.05, 4.69) is 0 Å². The molecule has 0 N–H and O–H groups in total. The topological polar surface area (TPSA) is 60.3 Å². The molecule has 0 aliphatic rings. The third-order valence-electron chi connectivity index (χ3n) is 4.47. The van der Waals surface area contributed by atoms with Crippen molar-refractivity contribution in [3.8, 4) is 0 Å². The molecule has 142 valence electrons. The number of fused-ring (bicyclic) bond motifs is 3. The summed E-state index contributed by atoms with van der Waals surface area (Å²) >= 11 is 0. The normalized spacial score (nSPS) is 11.4. The highest BCUT2D eigenvalue weighted by molar-refractivity contribution is 6.13. The summed E-state index contributed by atoms with van der Waals surface area (Å²) in [6.07, 6.45) is 2.21. The van der Waals surface area contributed by atoms with Gasteiger partial charge >= 0.3 is 5.97 Å². The van der Waals surface area contributed by atoms with Gasteiger partial charge < -0.3 is 18.8 Å². The van der Waals surface area contributed by atoms with Gasteiger partial charge in [0.15, 0.2) is 5.78 Å². The lowest BCUT2D eigenvalue weighted by atomic mass is 10.0. The van der Waals surface area contributed by atoms with Crippen molar-refractivity contribution in [2.24, 2.45) is 0 Å². The summed E-state index contributed by atoms with van der Waals surface area (Å²) in [5, 5.41) is 0.777. The number of nitrogens with zero attached hydrogens (tertiary/aromatic N) is 2. The van der Waals surface area contributed by atoms with Crippen LogP contribution in [-0.4, -0.2) is 62.0 Å². The zero-order chi connectivity index (χ0) is 19.4. The molecule has 27 heavy (non-hydrogen) atoms. The Balaban J connectivity index is 2.02. The van der Waals surface area contributed by atoms with Crippen molar-refractivity contribution in [1.82, 2.24) is 9.30 Å². The molecule has 3 aromatic rings. The third-order valence-corrected chi connectivity index (χ3v) is 4.47. The average Bonchev–Trinajstić information content (AvgIpc) is 2.99. The Bertz CT molecular complexity index is 975. The van der Waals surface area contributed by atoms with E-state index in [0.29, 0.717) is 37.3 Å². The van der Waals surface area contributed by atoms with Crippen molar-refractivity contribution in [1.29, 1.82) is 0 Å². The smallest absolute Gasteiger partial charge is 0.341 e. The number of rotatable bonds is 8. The van der Waals surface area contributed by atoms with Crippen LogP contribution in [0.3, 0.4) is 0 Å². The van der Waals surface area contributed by atoms with Gasteiger partial charge in [0.05, 0.1) is 23.2 Å². The van der Waals surface area contributed by atoms with Gasteiger partial charge in [-0.25, -0.2) is 4.79 Å². The van der Waals surface area contributed by atoms with Crippen LogP contribution in [0.15, 0.2) is 42.6 Å². The van der Waals surface area contributed by atoms with Gasteiger partial charge in [0.1, 0.15) is 6.61 Å². The van der Waals surface area contributed by atoms with Crippen LogP contribution in [0.2, 0.25) is 0 Å². The molecule has 2 heterocycles. The summed E-state index contributed by atoms with van der Waals surface area (Å²) < 4.78 is 12.4. The molecule has 0 amide bonds. The van der Waals surface area contributed by atoms with E-state index < -0.39 is 0 Å². The van der Waals surface area contributed by atoms with Crippen LogP contribution in [-0.2, 0) is 9.47 Å². The fraction of sp³-hybridized carbons (Fsp3) is 0.333. The Morgan fingerprint density at radius 1 is 1.07 bits per heavy atom. The van der Waals surface area contributed by atoms with Crippen molar-refractivity contribution in [2.75, 3.05) is 41.0 Å². The number of carbonyl (C=O) groups is 2. The second-order valence-electron chi connectivity index (χ2n) is 6.67. The molecule has 3 rings (SSSR count). The second kappa shape index (κ2) is 8.33. The Morgan fingerprint density at radius 3 is 2.63 bits per heavy atom. The van der Waals surface area contributed by atoms with Crippen molar-refractivity contribution >= 4 is 28.2 Å². The molecule has 0 fully saturated rings. The highest BCUT2D eigenvalue weighted by Gasteiger charge is 2.20. The quantitative estimate of drug-likeness (QED) is 0.452. The standard InChI is InChI=1S/C21H24N2O4/c1-22(2)11-13-27-21(25)20-16-8-7-15(19(24)9-12-26-3)14-18(16)23-10-5-4-6-17(20)23/h4-8,10,14H,9,11-13H2,1-3H3. The number of benzene rings is 1. The lowest BCUT2D eigenvalue weighted by Crippen LogP contribution is -2.20. The van der Waals surface area contributed by atoms with E-state index >= 15 is 0 Å². The number of ether oxygens (including phenoxy) is 2. The molecular formula is C21H24N2O4. The summed E-state index contributed by atoms with van der Waals surface area (Å²) in [5.74, 6) is -0.339. The molecule has 0 bridgehead atoms. The zero-order valence-electron chi connectivity index (χ0n) is 15.9. The number of aromatic nitrogens is 1. The van der Waals surface area contributed by atoms with Crippen LogP contribution in [0.5, 0.6) is 0 Å². The summed E-state index contributed by atoms with van der Waals surface area (Å²) in [5.41, 5.74) is 2.72. The fourth-order valence-electron chi connectivity index (χ4n) is 3.06. The molecule has 2 aromatic heterocycles. The minimum absolute atomic E-state index is 0.0136. The van der Waals surface area contributed by atoms with Crippen LogP contribution in [0.1, 0.15) is 27.1 Å². The van der Waals surface area contributed by atoms with Crippen LogP contribution >= 0.6 is 0 Å². The molecule has 0 radical (unpaired) electrons. The van der Waals surface area contributed by atoms with Crippen molar-refractivity contribution in [3.63, 3.8) is 0 Å². The average molecular weight is 368 g/mol. The first-order valence-electron chi connectivity index (χ1n) is 8.89.